The molecular formula is C10H8N2O3S. The number of benzene rings is 1. The molecule has 0 aromatic heterocycles. The maximum atomic E-state index is 10.9. The van der Waals surface area contributed by atoms with Crippen molar-refractivity contribution < 1.29 is 15.0 Å². The van der Waals surface area contributed by atoms with Crippen molar-refractivity contribution in [1.29, 1.82) is 5.26 Å². The number of phenols is 2. The fourth-order valence-electron chi connectivity index (χ4n) is 1.05. The number of nitrogens with zero attached hydrogens (tertiary/aromatic N) is 1. The van der Waals surface area contributed by atoms with Crippen LogP contribution in [0.3, 0.4) is 0 Å². The van der Waals surface area contributed by atoms with Crippen molar-refractivity contribution in [2.45, 2.75) is 0 Å². The standard InChI is InChI=1S/C10H8N2O3S/c11-5-7-6(2-4-9(14)12-16)1-3-8(13)10(7)15/h1-4,13,15-16H,(H,12,14)/b4-2+. The first-order chi connectivity index (χ1) is 7.60. The quantitative estimate of drug-likeness (QED) is 0.349. The minimum atomic E-state index is -0.504. The van der Waals surface area contributed by atoms with Crippen molar-refractivity contribution in [3.05, 3.63) is 29.3 Å². The van der Waals surface area contributed by atoms with Crippen LogP contribution in [0.5, 0.6) is 11.5 Å². The lowest BCUT2D eigenvalue weighted by molar-refractivity contribution is -0.114. The van der Waals surface area contributed by atoms with E-state index in [4.69, 9.17) is 10.4 Å². The molecule has 1 aromatic carbocycles. The Hall–Kier alpha value is -2.13. The third kappa shape index (κ3) is 2.46. The van der Waals surface area contributed by atoms with Crippen molar-refractivity contribution >= 4 is 24.8 Å². The van der Waals surface area contributed by atoms with Gasteiger partial charge in [-0.15, -0.1) is 0 Å². The number of amides is 1. The van der Waals surface area contributed by atoms with Gasteiger partial charge in [0.1, 0.15) is 11.6 Å². The highest BCUT2D eigenvalue weighted by Crippen LogP contribution is 2.31. The van der Waals surface area contributed by atoms with E-state index in [9.17, 15) is 9.90 Å². The lowest BCUT2D eigenvalue weighted by Crippen LogP contribution is -2.07. The Kier molecular flexibility index (Phi) is 3.80. The molecule has 0 aliphatic heterocycles. The summed E-state index contributed by atoms with van der Waals surface area (Å²) >= 11 is 3.54. The SMILES string of the molecule is N#Cc1c(/C=C/C(=O)NS)ccc(O)c1O. The summed E-state index contributed by atoms with van der Waals surface area (Å²) in [7, 11) is 0. The molecule has 0 aliphatic carbocycles. The van der Waals surface area contributed by atoms with Crippen LogP contribution < -0.4 is 4.72 Å². The molecule has 0 aliphatic rings. The summed E-state index contributed by atoms with van der Waals surface area (Å²) in [4.78, 5) is 10.9. The maximum Gasteiger partial charge on any atom is 0.253 e. The topological polar surface area (TPSA) is 93.4 Å². The normalized spacial score (nSPS) is 10.0. The zero-order valence-electron chi connectivity index (χ0n) is 8.01. The van der Waals surface area contributed by atoms with E-state index in [1.165, 1.54) is 18.2 Å². The molecule has 5 nitrogen and oxygen atoms in total. The van der Waals surface area contributed by atoms with Crippen molar-refractivity contribution in [3.8, 4) is 17.6 Å². The number of hydrogen-bond donors (Lipinski definition) is 4. The zero-order chi connectivity index (χ0) is 12.1. The zero-order valence-corrected chi connectivity index (χ0v) is 8.90. The number of nitriles is 1. The van der Waals surface area contributed by atoms with Crippen LogP contribution in [0.15, 0.2) is 18.2 Å². The van der Waals surface area contributed by atoms with Crippen LogP contribution in [-0.4, -0.2) is 16.1 Å². The van der Waals surface area contributed by atoms with Crippen LogP contribution in [0.1, 0.15) is 11.1 Å². The van der Waals surface area contributed by atoms with Gasteiger partial charge in [0.15, 0.2) is 11.5 Å². The minimum absolute atomic E-state index is 0.0942. The summed E-state index contributed by atoms with van der Waals surface area (Å²) in [5, 5.41) is 27.3. The minimum Gasteiger partial charge on any atom is -0.504 e. The molecule has 3 N–H and O–H groups in total. The monoisotopic (exact) mass is 236 g/mol. The molecule has 82 valence electrons. The molecular weight excluding hydrogens is 228 g/mol. The lowest BCUT2D eigenvalue weighted by Gasteiger charge is -2.02. The molecule has 0 saturated heterocycles. The van der Waals surface area contributed by atoms with E-state index in [-0.39, 0.29) is 11.3 Å². The fraction of sp³-hybridized carbons (Fsp3) is 0. The van der Waals surface area contributed by atoms with Gasteiger partial charge in [-0.3, -0.25) is 9.52 Å². The third-order valence-corrected chi connectivity index (χ3v) is 2.05. The van der Waals surface area contributed by atoms with Gasteiger partial charge in [0.05, 0.1) is 0 Å². The van der Waals surface area contributed by atoms with E-state index < -0.39 is 11.7 Å². The second-order valence-electron chi connectivity index (χ2n) is 2.82. The molecule has 1 amide bonds. The van der Waals surface area contributed by atoms with Crippen LogP contribution in [0.4, 0.5) is 0 Å². The summed E-state index contributed by atoms with van der Waals surface area (Å²) in [6.07, 6.45) is 2.49. The second kappa shape index (κ2) is 5.09. The number of hydrogen-bond acceptors (Lipinski definition) is 5. The van der Waals surface area contributed by atoms with E-state index in [0.717, 1.165) is 6.08 Å². The number of phenolic OH excluding ortho intramolecular Hbond substituents is 2. The van der Waals surface area contributed by atoms with Crippen LogP contribution in [-0.2, 0) is 4.79 Å². The lowest BCUT2D eigenvalue weighted by atomic mass is 10.1. The highest BCUT2D eigenvalue weighted by atomic mass is 32.1. The number of carbonyl (C=O) groups is 1. The fourth-order valence-corrected chi connectivity index (χ4v) is 1.13. The molecule has 1 aromatic rings. The molecule has 1 rings (SSSR count). The molecule has 6 heteroatoms. The van der Waals surface area contributed by atoms with Crippen molar-refractivity contribution in [1.82, 2.24) is 4.72 Å². The Morgan fingerprint density at radius 1 is 1.50 bits per heavy atom. The van der Waals surface area contributed by atoms with E-state index in [1.807, 2.05) is 0 Å². The first-order valence-corrected chi connectivity index (χ1v) is 4.62. The van der Waals surface area contributed by atoms with E-state index in [1.54, 1.807) is 6.07 Å². The summed E-state index contributed by atoms with van der Waals surface area (Å²) in [6, 6.07) is 4.38. The molecule has 0 atom stereocenters. The van der Waals surface area contributed by atoms with E-state index >= 15 is 0 Å². The molecule has 16 heavy (non-hydrogen) atoms. The van der Waals surface area contributed by atoms with Gasteiger partial charge in [0, 0.05) is 6.08 Å². The van der Waals surface area contributed by atoms with Gasteiger partial charge in [-0.1, -0.05) is 12.8 Å². The maximum absolute atomic E-state index is 10.9. The van der Waals surface area contributed by atoms with Gasteiger partial charge >= 0.3 is 0 Å². The Bertz CT molecular complexity index is 492. The Labute approximate surface area is 97.2 Å². The van der Waals surface area contributed by atoms with E-state index in [2.05, 4.69) is 17.5 Å². The molecule has 0 heterocycles. The van der Waals surface area contributed by atoms with E-state index in [0.29, 0.717) is 5.56 Å². The second-order valence-corrected chi connectivity index (χ2v) is 3.04. The van der Waals surface area contributed by atoms with Crippen LogP contribution >= 0.6 is 12.8 Å². The number of rotatable bonds is 2. The summed E-state index contributed by atoms with van der Waals surface area (Å²) < 4.78 is 2.07. The molecule has 0 saturated carbocycles. The highest BCUT2D eigenvalue weighted by Gasteiger charge is 2.09. The largest absolute Gasteiger partial charge is 0.504 e. The Balaban J connectivity index is 3.16. The molecule has 0 fully saturated rings. The predicted octanol–water partition coefficient (Wildman–Crippen LogP) is 0.944. The summed E-state index contributed by atoms with van der Waals surface area (Å²) in [5.41, 5.74) is 0.234. The third-order valence-electron chi connectivity index (χ3n) is 1.83. The molecule has 0 spiro atoms. The average Bonchev–Trinajstić information content (AvgIpc) is 2.30. The number of carbonyl (C=O) groups excluding carboxylic acids is 1. The summed E-state index contributed by atoms with van der Waals surface area (Å²) in [5.74, 6) is -1.34. The number of thiol groups is 1. The van der Waals surface area contributed by atoms with Crippen molar-refractivity contribution in [2.75, 3.05) is 0 Å². The summed E-state index contributed by atoms with van der Waals surface area (Å²) in [6.45, 7) is 0. The predicted molar refractivity (Wildman–Crippen MR) is 60.6 cm³/mol. The van der Waals surface area contributed by atoms with Crippen LogP contribution in [0.2, 0.25) is 0 Å². The average molecular weight is 236 g/mol. The Morgan fingerprint density at radius 2 is 2.19 bits per heavy atom. The Morgan fingerprint density at radius 3 is 2.75 bits per heavy atom. The van der Waals surface area contributed by atoms with Gasteiger partial charge in [-0.2, -0.15) is 5.26 Å². The smallest absolute Gasteiger partial charge is 0.253 e. The molecule has 0 radical (unpaired) electrons. The molecule has 0 unspecified atom stereocenters. The van der Waals surface area contributed by atoms with Gasteiger partial charge in [-0.25, -0.2) is 0 Å². The first kappa shape index (κ1) is 11.9. The molecule has 0 bridgehead atoms. The van der Waals surface area contributed by atoms with Crippen LogP contribution in [0.25, 0.3) is 6.08 Å². The van der Waals surface area contributed by atoms with Gasteiger partial charge in [-0.05, 0) is 23.8 Å². The number of nitrogens with one attached hydrogen (secondary N) is 1. The highest BCUT2D eigenvalue weighted by molar-refractivity contribution is 7.78. The first-order valence-electron chi connectivity index (χ1n) is 4.17. The van der Waals surface area contributed by atoms with Gasteiger partial charge in [0.25, 0.3) is 5.91 Å². The van der Waals surface area contributed by atoms with Crippen molar-refractivity contribution in [2.24, 2.45) is 0 Å². The number of aromatic hydroxyl groups is 2. The van der Waals surface area contributed by atoms with Gasteiger partial charge in [0.2, 0.25) is 0 Å². The van der Waals surface area contributed by atoms with Crippen LogP contribution in [0, 0.1) is 11.3 Å². The van der Waals surface area contributed by atoms with Crippen molar-refractivity contribution in [3.63, 3.8) is 0 Å². The van der Waals surface area contributed by atoms with Gasteiger partial charge < -0.3 is 10.2 Å².